The summed E-state index contributed by atoms with van der Waals surface area (Å²) in [6.45, 7) is 9.16. The molecule has 0 aliphatic heterocycles. The fourth-order valence-corrected chi connectivity index (χ4v) is 0.561. The van der Waals surface area contributed by atoms with Crippen molar-refractivity contribution in [3.05, 3.63) is 0 Å². The van der Waals surface area contributed by atoms with Crippen molar-refractivity contribution in [1.82, 2.24) is 0 Å². The predicted octanol–water partition coefficient (Wildman–Crippen LogP) is 1.90. The van der Waals surface area contributed by atoms with Crippen molar-refractivity contribution in [1.29, 1.82) is 0 Å². The molecule has 0 amide bonds. The number of hydrogen-bond acceptors (Lipinski definition) is 1. The first-order chi connectivity index (χ1) is 3.66. The lowest BCUT2D eigenvalue weighted by molar-refractivity contribution is 0.600. The average molecular weight is 112 g/mol. The molecule has 0 heterocycles. The van der Waals surface area contributed by atoms with E-state index in [1.165, 1.54) is 0 Å². The maximum absolute atomic E-state index is 5.40. The smallest absolute Gasteiger partial charge is 0.272 e. The van der Waals surface area contributed by atoms with E-state index in [2.05, 4.69) is 27.4 Å². The van der Waals surface area contributed by atoms with Crippen LogP contribution in [0.4, 0.5) is 0 Å². The molecule has 0 rings (SSSR count). The van der Waals surface area contributed by atoms with Crippen molar-refractivity contribution in [3.8, 4) is 0 Å². The van der Waals surface area contributed by atoms with Crippen molar-refractivity contribution in [2.45, 2.75) is 33.7 Å². The second-order valence-corrected chi connectivity index (χ2v) is 2.40. The van der Waals surface area contributed by atoms with Gasteiger partial charge in [-0.25, -0.2) is 0 Å². The van der Waals surface area contributed by atoms with E-state index in [9.17, 15) is 0 Å². The van der Waals surface area contributed by atoms with Gasteiger partial charge in [0.2, 0.25) is 0 Å². The van der Waals surface area contributed by atoms with Crippen LogP contribution in [0.3, 0.4) is 0 Å². The Labute approximate surface area is 53.0 Å². The molecule has 3 heteroatoms. The maximum Gasteiger partial charge on any atom is 0.272 e. The van der Waals surface area contributed by atoms with Gasteiger partial charge in [0.05, 0.1) is 0 Å². The molecule has 0 bridgehead atoms. The Morgan fingerprint density at radius 3 is 1.88 bits per heavy atom. The Hall–Kier alpha value is 0.0899. The van der Waals surface area contributed by atoms with Gasteiger partial charge >= 0.3 is 0 Å². The van der Waals surface area contributed by atoms with Crippen LogP contribution >= 0.6 is 0 Å². The average Bonchev–Trinajstić information content (AvgIpc) is 1.65. The standard InChI is InChI=1S/C5H14B2O/c1-5-7(4)8-6(2)3/h5H2,1-4H3. The highest BCUT2D eigenvalue weighted by Gasteiger charge is 2.07. The Kier molecular flexibility index (Phi) is 4.06. The van der Waals surface area contributed by atoms with Crippen LogP contribution in [-0.2, 0) is 4.57 Å². The van der Waals surface area contributed by atoms with Crippen molar-refractivity contribution in [3.63, 3.8) is 0 Å². The van der Waals surface area contributed by atoms with Crippen molar-refractivity contribution in [2.24, 2.45) is 0 Å². The summed E-state index contributed by atoms with van der Waals surface area (Å²) < 4.78 is 5.40. The maximum atomic E-state index is 5.40. The van der Waals surface area contributed by atoms with Gasteiger partial charge in [-0.1, -0.05) is 33.7 Å². The van der Waals surface area contributed by atoms with E-state index in [1.807, 2.05) is 0 Å². The molecule has 0 spiro atoms. The van der Waals surface area contributed by atoms with Crippen molar-refractivity contribution in [2.75, 3.05) is 0 Å². The predicted molar refractivity (Wildman–Crippen MR) is 40.7 cm³/mol. The van der Waals surface area contributed by atoms with Gasteiger partial charge in [-0.05, 0) is 0 Å². The van der Waals surface area contributed by atoms with Gasteiger partial charge in [0.1, 0.15) is 0 Å². The molecule has 8 heavy (non-hydrogen) atoms. The van der Waals surface area contributed by atoms with Crippen LogP contribution in [0.25, 0.3) is 0 Å². The zero-order valence-corrected chi connectivity index (χ0v) is 6.27. The van der Waals surface area contributed by atoms with Crippen molar-refractivity contribution >= 4 is 13.8 Å². The van der Waals surface area contributed by atoms with E-state index in [4.69, 9.17) is 4.57 Å². The van der Waals surface area contributed by atoms with Crippen LogP contribution in [0.2, 0.25) is 26.8 Å². The van der Waals surface area contributed by atoms with E-state index in [1.54, 1.807) is 0 Å². The quantitative estimate of drug-likeness (QED) is 0.506. The second-order valence-electron chi connectivity index (χ2n) is 2.40. The van der Waals surface area contributed by atoms with Gasteiger partial charge in [0.15, 0.2) is 0 Å². The zero-order chi connectivity index (χ0) is 6.57. The molecule has 46 valence electrons. The van der Waals surface area contributed by atoms with E-state index >= 15 is 0 Å². The molecule has 0 fully saturated rings. The van der Waals surface area contributed by atoms with Gasteiger partial charge < -0.3 is 4.57 Å². The Morgan fingerprint density at radius 1 is 1.25 bits per heavy atom. The molecule has 0 unspecified atom stereocenters. The molecule has 0 atom stereocenters. The first-order valence-electron chi connectivity index (χ1n) is 3.32. The zero-order valence-electron chi connectivity index (χ0n) is 6.27. The molecule has 0 aromatic heterocycles. The fourth-order valence-electron chi connectivity index (χ4n) is 0.561. The third kappa shape index (κ3) is 4.25. The van der Waals surface area contributed by atoms with E-state index in [0.717, 1.165) is 6.32 Å². The molecule has 0 aromatic rings. The molecule has 1 nitrogen and oxygen atoms in total. The van der Waals surface area contributed by atoms with Crippen LogP contribution in [0.1, 0.15) is 6.92 Å². The summed E-state index contributed by atoms with van der Waals surface area (Å²) in [7, 11) is 0. The monoisotopic (exact) mass is 112 g/mol. The number of rotatable bonds is 3. The van der Waals surface area contributed by atoms with Gasteiger partial charge in [-0.2, -0.15) is 0 Å². The summed E-state index contributed by atoms with van der Waals surface area (Å²) in [5.74, 6) is 0. The lowest BCUT2D eigenvalue weighted by atomic mass is 9.61. The highest BCUT2D eigenvalue weighted by atomic mass is 16.4. The molecular weight excluding hydrogens is 97.7 g/mol. The first-order valence-corrected chi connectivity index (χ1v) is 3.32. The molecule has 0 aromatic carbocycles. The van der Waals surface area contributed by atoms with Crippen molar-refractivity contribution < 1.29 is 4.57 Å². The summed E-state index contributed by atoms with van der Waals surface area (Å²) in [5, 5.41) is 0. The summed E-state index contributed by atoms with van der Waals surface area (Å²) in [6, 6.07) is 0. The Morgan fingerprint density at radius 2 is 1.75 bits per heavy atom. The summed E-state index contributed by atoms with van der Waals surface area (Å²) in [4.78, 5) is 0. The topological polar surface area (TPSA) is 9.23 Å². The molecule has 0 aliphatic carbocycles. The molecule has 0 saturated heterocycles. The first kappa shape index (κ1) is 8.09. The van der Waals surface area contributed by atoms with Crippen LogP contribution < -0.4 is 0 Å². The van der Waals surface area contributed by atoms with E-state index < -0.39 is 0 Å². The van der Waals surface area contributed by atoms with Crippen LogP contribution in [0.5, 0.6) is 0 Å². The summed E-state index contributed by atoms with van der Waals surface area (Å²) in [6.07, 6.45) is 1.11. The third-order valence-electron chi connectivity index (χ3n) is 1.08. The Balaban J connectivity index is 3.10. The highest BCUT2D eigenvalue weighted by molar-refractivity contribution is 6.63. The lowest BCUT2D eigenvalue weighted by Gasteiger charge is -2.07. The van der Waals surface area contributed by atoms with E-state index in [-0.39, 0.29) is 0 Å². The van der Waals surface area contributed by atoms with Gasteiger partial charge in [-0.15, -0.1) is 0 Å². The normalized spacial score (nSPS) is 9.00. The Bertz CT molecular complexity index is 56.4. The minimum atomic E-state index is 0.380. The summed E-state index contributed by atoms with van der Waals surface area (Å²) in [5.41, 5.74) is 0. The van der Waals surface area contributed by atoms with Crippen LogP contribution in [0.15, 0.2) is 0 Å². The molecular formula is C5H14B2O. The molecule has 0 saturated carbocycles. The second kappa shape index (κ2) is 4.02. The lowest BCUT2D eigenvalue weighted by Crippen LogP contribution is -2.20. The SMILES string of the molecule is CCB(C)OB(C)C. The largest absolute Gasteiger partial charge is 0.499 e. The minimum absolute atomic E-state index is 0.380. The molecule has 0 N–H and O–H groups in total. The van der Waals surface area contributed by atoms with E-state index in [0.29, 0.717) is 13.8 Å². The van der Waals surface area contributed by atoms with Gasteiger partial charge in [-0.3, -0.25) is 0 Å². The summed E-state index contributed by atoms with van der Waals surface area (Å²) >= 11 is 0. The van der Waals surface area contributed by atoms with Crippen LogP contribution in [0, 0.1) is 0 Å². The fraction of sp³-hybridized carbons (Fsp3) is 1.00. The van der Waals surface area contributed by atoms with Gasteiger partial charge in [0.25, 0.3) is 13.8 Å². The van der Waals surface area contributed by atoms with Crippen LogP contribution in [-0.4, -0.2) is 13.8 Å². The molecule has 0 radical (unpaired) electrons. The van der Waals surface area contributed by atoms with Gasteiger partial charge in [0, 0.05) is 0 Å². The third-order valence-corrected chi connectivity index (χ3v) is 1.08. The molecule has 0 aliphatic rings. The number of hydrogen-bond donors (Lipinski definition) is 0. The highest BCUT2D eigenvalue weighted by Crippen LogP contribution is 1.94. The minimum Gasteiger partial charge on any atom is -0.499 e.